The molecule has 3 heterocycles. The molecule has 1 fully saturated rings. The van der Waals surface area contributed by atoms with Crippen LogP contribution in [0.15, 0.2) is 85.2 Å². The van der Waals surface area contributed by atoms with Gasteiger partial charge in [-0.3, -0.25) is 4.98 Å². The van der Waals surface area contributed by atoms with Crippen molar-refractivity contribution in [2.75, 3.05) is 4.90 Å². The van der Waals surface area contributed by atoms with E-state index in [-0.39, 0.29) is 17.9 Å². The van der Waals surface area contributed by atoms with Crippen LogP contribution >= 0.6 is 12.2 Å². The van der Waals surface area contributed by atoms with Gasteiger partial charge in [0.1, 0.15) is 11.9 Å². The maximum absolute atomic E-state index is 14.0. The van der Waals surface area contributed by atoms with Crippen molar-refractivity contribution in [3.8, 4) is 5.69 Å². The standard InChI is InChI=1S/C26H23FN4S/c1-17-11-12-21(15-18(17)2)31-25(24(29-26(31)32)22-9-3-4-13-28-22)23-10-6-14-30(23)20-8-5-7-19(27)16-20/h3-16,24-25H,1-2H3,(H,29,32). The van der Waals surface area contributed by atoms with Gasteiger partial charge in [0, 0.05) is 29.5 Å². The van der Waals surface area contributed by atoms with Gasteiger partial charge < -0.3 is 14.8 Å². The van der Waals surface area contributed by atoms with Crippen LogP contribution in [0.2, 0.25) is 0 Å². The van der Waals surface area contributed by atoms with Crippen LogP contribution < -0.4 is 10.2 Å². The molecule has 2 atom stereocenters. The first-order chi connectivity index (χ1) is 15.5. The lowest BCUT2D eigenvalue weighted by molar-refractivity contribution is 0.548. The Balaban J connectivity index is 1.68. The average molecular weight is 443 g/mol. The highest BCUT2D eigenvalue weighted by atomic mass is 32.1. The molecule has 4 aromatic rings. The van der Waals surface area contributed by atoms with Crippen LogP contribution in [-0.2, 0) is 0 Å². The Labute approximate surface area is 192 Å². The Morgan fingerprint density at radius 2 is 1.78 bits per heavy atom. The van der Waals surface area contributed by atoms with Gasteiger partial charge in [0.05, 0.1) is 11.7 Å². The minimum atomic E-state index is -0.269. The summed E-state index contributed by atoms with van der Waals surface area (Å²) in [6.45, 7) is 4.20. The van der Waals surface area contributed by atoms with Gasteiger partial charge in [-0.15, -0.1) is 0 Å². The van der Waals surface area contributed by atoms with Gasteiger partial charge in [-0.1, -0.05) is 18.2 Å². The van der Waals surface area contributed by atoms with Crippen molar-refractivity contribution >= 4 is 23.0 Å². The Bertz CT molecular complexity index is 1280. The van der Waals surface area contributed by atoms with E-state index < -0.39 is 0 Å². The molecule has 0 spiro atoms. The number of hydrogen-bond acceptors (Lipinski definition) is 2. The van der Waals surface area contributed by atoms with E-state index in [4.69, 9.17) is 12.2 Å². The van der Waals surface area contributed by atoms with Crippen molar-refractivity contribution in [1.82, 2.24) is 14.9 Å². The molecular formula is C26H23FN4S. The summed E-state index contributed by atoms with van der Waals surface area (Å²) in [6.07, 6.45) is 3.75. The Morgan fingerprint density at radius 3 is 2.53 bits per heavy atom. The second kappa shape index (κ2) is 8.20. The van der Waals surface area contributed by atoms with Gasteiger partial charge in [0.25, 0.3) is 0 Å². The average Bonchev–Trinajstić information content (AvgIpc) is 3.40. The molecule has 2 aromatic heterocycles. The zero-order valence-corrected chi connectivity index (χ0v) is 18.7. The molecule has 0 bridgehead atoms. The van der Waals surface area contributed by atoms with E-state index in [1.54, 1.807) is 18.3 Å². The highest BCUT2D eigenvalue weighted by molar-refractivity contribution is 7.80. The summed E-state index contributed by atoms with van der Waals surface area (Å²) in [7, 11) is 0. The first kappa shape index (κ1) is 20.4. The number of nitrogens with zero attached hydrogens (tertiary/aromatic N) is 3. The van der Waals surface area contributed by atoms with Crippen molar-refractivity contribution in [2.24, 2.45) is 0 Å². The van der Waals surface area contributed by atoms with E-state index >= 15 is 0 Å². The fourth-order valence-corrected chi connectivity index (χ4v) is 4.65. The SMILES string of the molecule is Cc1ccc(N2C(=S)NC(c3ccccn3)C2c2cccn2-c2cccc(F)c2)cc1C. The molecule has 1 aliphatic rings. The molecular weight excluding hydrogens is 419 g/mol. The van der Waals surface area contributed by atoms with Crippen LogP contribution in [-0.4, -0.2) is 14.7 Å². The molecule has 4 nitrogen and oxygen atoms in total. The number of rotatable bonds is 4. The van der Waals surface area contributed by atoms with Crippen LogP contribution in [0, 0.1) is 19.7 Å². The van der Waals surface area contributed by atoms with Crippen molar-refractivity contribution in [1.29, 1.82) is 0 Å². The Hall–Kier alpha value is -3.51. The van der Waals surface area contributed by atoms with Crippen molar-refractivity contribution in [3.05, 3.63) is 114 Å². The first-order valence-electron chi connectivity index (χ1n) is 10.5. The normalized spacial score (nSPS) is 18.1. The van der Waals surface area contributed by atoms with Gasteiger partial charge in [0.15, 0.2) is 5.11 Å². The number of aromatic nitrogens is 2. The zero-order valence-electron chi connectivity index (χ0n) is 17.9. The summed E-state index contributed by atoms with van der Waals surface area (Å²) in [5, 5.41) is 4.13. The molecule has 32 heavy (non-hydrogen) atoms. The molecule has 2 aromatic carbocycles. The number of anilines is 1. The molecule has 1 N–H and O–H groups in total. The molecule has 0 radical (unpaired) electrons. The van der Waals surface area contributed by atoms with E-state index in [1.165, 1.54) is 17.2 Å². The van der Waals surface area contributed by atoms with Crippen LogP contribution in [0.5, 0.6) is 0 Å². The Morgan fingerprint density at radius 1 is 0.906 bits per heavy atom. The molecule has 1 aliphatic heterocycles. The number of pyridine rings is 1. The van der Waals surface area contributed by atoms with Gasteiger partial charge in [-0.25, -0.2) is 4.39 Å². The third-order valence-corrected chi connectivity index (χ3v) is 6.35. The Kier molecular flexibility index (Phi) is 5.23. The van der Waals surface area contributed by atoms with Crippen LogP contribution in [0.3, 0.4) is 0 Å². The van der Waals surface area contributed by atoms with Crippen molar-refractivity contribution in [3.63, 3.8) is 0 Å². The number of halogens is 1. The molecule has 5 rings (SSSR count). The largest absolute Gasteiger partial charge is 0.351 e. The summed E-state index contributed by atoms with van der Waals surface area (Å²) in [4.78, 5) is 6.76. The van der Waals surface area contributed by atoms with E-state index in [1.807, 2.05) is 41.1 Å². The zero-order chi connectivity index (χ0) is 22.2. The summed E-state index contributed by atoms with van der Waals surface area (Å²) < 4.78 is 16.0. The number of hydrogen-bond donors (Lipinski definition) is 1. The molecule has 160 valence electrons. The number of nitrogens with one attached hydrogen (secondary N) is 1. The summed E-state index contributed by atoms with van der Waals surface area (Å²) in [6, 6.07) is 22.6. The fraction of sp³-hybridized carbons (Fsp3) is 0.154. The third kappa shape index (κ3) is 3.56. The third-order valence-electron chi connectivity index (χ3n) is 6.04. The molecule has 6 heteroatoms. The molecule has 2 unspecified atom stereocenters. The molecule has 0 amide bonds. The molecule has 1 saturated heterocycles. The maximum atomic E-state index is 14.0. The van der Waals surface area contributed by atoms with Gasteiger partial charge in [0.2, 0.25) is 0 Å². The highest BCUT2D eigenvalue weighted by Crippen LogP contribution is 2.42. The second-order valence-corrected chi connectivity index (χ2v) is 8.43. The minimum Gasteiger partial charge on any atom is -0.351 e. The molecule has 0 aliphatic carbocycles. The van der Waals surface area contributed by atoms with Gasteiger partial charge >= 0.3 is 0 Å². The quantitative estimate of drug-likeness (QED) is 0.405. The predicted octanol–water partition coefficient (Wildman–Crippen LogP) is 5.81. The molecule has 0 saturated carbocycles. The van der Waals surface area contributed by atoms with Gasteiger partial charge in [-0.2, -0.15) is 0 Å². The van der Waals surface area contributed by atoms with Crippen LogP contribution in [0.4, 0.5) is 10.1 Å². The fourth-order valence-electron chi connectivity index (χ4n) is 4.31. The number of aryl methyl sites for hydroxylation is 2. The lowest BCUT2D eigenvalue weighted by atomic mass is 10.00. The highest BCUT2D eigenvalue weighted by Gasteiger charge is 2.42. The lowest BCUT2D eigenvalue weighted by Crippen LogP contribution is -2.30. The van der Waals surface area contributed by atoms with E-state index in [0.717, 1.165) is 22.8 Å². The summed E-state index contributed by atoms with van der Waals surface area (Å²) in [5.41, 5.74) is 6.11. The number of benzene rings is 2. The smallest absolute Gasteiger partial charge is 0.174 e. The van der Waals surface area contributed by atoms with Crippen LogP contribution in [0.1, 0.15) is 34.6 Å². The lowest BCUT2D eigenvalue weighted by Gasteiger charge is -2.29. The minimum absolute atomic E-state index is 0.160. The van der Waals surface area contributed by atoms with E-state index in [9.17, 15) is 4.39 Å². The summed E-state index contributed by atoms with van der Waals surface area (Å²) >= 11 is 5.83. The topological polar surface area (TPSA) is 33.1 Å². The van der Waals surface area contributed by atoms with Crippen LogP contribution in [0.25, 0.3) is 5.69 Å². The van der Waals surface area contributed by atoms with Crippen molar-refractivity contribution in [2.45, 2.75) is 25.9 Å². The van der Waals surface area contributed by atoms with Crippen molar-refractivity contribution < 1.29 is 4.39 Å². The monoisotopic (exact) mass is 442 g/mol. The summed E-state index contributed by atoms with van der Waals surface area (Å²) in [5.74, 6) is -0.269. The second-order valence-electron chi connectivity index (χ2n) is 8.05. The first-order valence-corrected chi connectivity index (χ1v) is 10.9. The number of thiocarbonyl (C=S) groups is 1. The van der Waals surface area contributed by atoms with E-state index in [2.05, 4.69) is 53.3 Å². The van der Waals surface area contributed by atoms with Gasteiger partial charge in [-0.05, 0) is 91.8 Å². The predicted molar refractivity (Wildman–Crippen MR) is 130 cm³/mol. The van der Waals surface area contributed by atoms with E-state index in [0.29, 0.717) is 5.11 Å². The maximum Gasteiger partial charge on any atom is 0.174 e.